The zero-order valence-corrected chi connectivity index (χ0v) is 12.3. The highest BCUT2D eigenvalue weighted by Crippen LogP contribution is 2.25. The van der Waals surface area contributed by atoms with Gasteiger partial charge in [0.2, 0.25) is 0 Å². The number of benzene rings is 1. The summed E-state index contributed by atoms with van der Waals surface area (Å²) < 4.78 is 2.66. The fourth-order valence-corrected chi connectivity index (χ4v) is 2.60. The minimum atomic E-state index is 0.367. The summed E-state index contributed by atoms with van der Waals surface area (Å²) in [6, 6.07) is 7.76. The van der Waals surface area contributed by atoms with E-state index in [-0.39, 0.29) is 0 Å². The number of aryl methyl sites for hydroxylation is 1. The molecule has 0 aliphatic heterocycles. The average molecular weight is 325 g/mol. The Morgan fingerprint density at radius 2 is 2.28 bits per heavy atom. The molecule has 6 heteroatoms. The molecule has 18 heavy (non-hydrogen) atoms. The average Bonchev–Trinajstić information content (AvgIpc) is 2.72. The smallest absolute Gasteiger partial charge is 0.107 e. The number of nitrogens with one attached hydrogen (secondary N) is 1. The molecule has 0 amide bonds. The van der Waals surface area contributed by atoms with E-state index >= 15 is 0 Å². The fraction of sp³-hybridized carbons (Fsp3) is 0.167. The lowest BCUT2D eigenvalue weighted by molar-refractivity contribution is 0.747. The van der Waals surface area contributed by atoms with Gasteiger partial charge in [0.25, 0.3) is 0 Å². The zero-order chi connectivity index (χ0) is 13.1. The highest BCUT2D eigenvalue weighted by Gasteiger charge is 2.09. The summed E-state index contributed by atoms with van der Waals surface area (Å²) in [5.41, 5.74) is 8.42. The SMILES string of the molecule is Cn1ccc(CNc2cccc(Br)c2C(N)=S)n1. The Kier molecular flexibility index (Phi) is 3.98. The maximum absolute atomic E-state index is 5.73. The second kappa shape index (κ2) is 5.49. The van der Waals surface area contributed by atoms with Gasteiger partial charge in [0.05, 0.1) is 12.2 Å². The lowest BCUT2D eigenvalue weighted by Gasteiger charge is -2.11. The highest BCUT2D eigenvalue weighted by molar-refractivity contribution is 9.10. The molecule has 4 nitrogen and oxygen atoms in total. The van der Waals surface area contributed by atoms with Crippen LogP contribution in [0.5, 0.6) is 0 Å². The van der Waals surface area contributed by atoms with E-state index < -0.39 is 0 Å². The van der Waals surface area contributed by atoms with Crippen molar-refractivity contribution in [3.63, 3.8) is 0 Å². The predicted octanol–water partition coefficient (Wildman–Crippen LogP) is 2.43. The van der Waals surface area contributed by atoms with E-state index in [2.05, 4.69) is 26.3 Å². The first-order chi connectivity index (χ1) is 8.58. The van der Waals surface area contributed by atoms with Crippen molar-refractivity contribution in [2.45, 2.75) is 6.54 Å². The Balaban J connectivity index is 2.19. The monoisotopic (exact) mass is 324 g/mol. The first-order valence-corrected chi connectivity index (χ1v) is 6.59. The molecule has 0 aliphatic carbocycles. The lowest BCUT2D eigenvalue weighted by Crippen LogP contribution is -2.14. The van der Waals surface area contributed by atoms with Crippen LogP contribution in [0.15, 0.2) is 34.9 Å². The lowest BCUT2D eigenvalue weighted by atomic mass is 10.1. The summed E-state index contributed by atoms with van der Waals surface area (Å²) in [6.07, 6.45) is 1.91. The first kappa shape index (κ1) is 13.0. The normalized spacial score (nSPS) is 10.3. The van der Waals surface area contributed by atoms with E-state index in [1.165, 1.54) is 0 Å². The van der Waals surface area contributed by atoms with Crippen LogP contribution < -0.4 is 11.1 Å². The Morgan fingerprint density at radius 1 is 1.50 bits per heavy atom. The van der Waals surface area contributed by atoms with Crippen LogP contribution in [0, 0.1) is 0 Å². The molecule has 2 rings (SSSR count). The van der Waals surface area contributed by atoms with Gasteiger partial charge in [0, 0.05) is 29.0 Å². The van der Waals surface area contributed by atoms with Crippen LogP contribution in [-0.4, -0.2) is 14.8 Å². The van der Waals surface area contributed by atoms with Crippen LogP contribution in [0.3, 0.4) is 0 Å². The van der Waals surface area contributed by atoms with Crippen molar-refractivity contribution >= 4 is 38.8 Å². The number of hydrogen-bond donors (Lipinski definition) is 2. The third-order valence-electron chi connectivity index (χ3n) is 2.49. The number of nitrogens with zero attached hydrogens (tertiary/aromatic N) is 2. The summed E-state index contributed by atoms with van der Waals surface area (Å²) in [6.45, 7) is 0.632. The van der Waals surface area contributed by atoms with Gasteiger partial charge in [-0.15, -0.1) is 0 Å². The van der Waals surface area contributed by atoms with Gasteiger partial charge >= 0.3 is 0 Å². The van der Waals surface area contributed by atoms with Crippen molar-refractivity contribution < 1.29 is 0 Å². The van der Waals surface area contributed by atoms with Crippen LogP contribution in [-0.2, 0) is 13.6 Å². The molecule has 0 unspecified atom stereocenters. The van der Waals surface area contributed by atoms with E-state index in [9.17, 15) is 0 Å². The number of nitrogens with two attached hydrogens (primary N) is 1. The molecule has 1 aromatic heterocycles. The largest absolute Gasteiger partial charge is 0.389 e. The minimum absolute atomic E-state index is 0.367. The molecule has 1 aromatic carbocycles. The highest BCUT2D eigenvalue weighted by atomic mass is 79.9. The van der Waals surface area contributed by atoms with Crippen LogP contribution in [0.25, 0.3) is 0 Å². The Labute approximate surface area is 119 Å². The van der Waals surface area contributed by atoms with Gasteiger partial charge < -0.3 is 11.1 Å². The quantitative estimate of drug-likeness (QED) is 0.848. The van der Waals surface area contributed by atoms with Gasteiger partial charge in [-0.25, -0.2) is 0 Å². The molecule has 0 atom stereocenters. The topological polar surface area (TPSA) is 55.9 Å². The standard InChI is InChI=1S/C12H13BrN4S/c1-17-6-5-8(16-17)7-15-10-4-2-3-9(13)11(10)12(14)18/h2-6,15H,7H2,1H3,(H2,14,18). The maximum Gasteiger partial charge on any atom is 0.107 e. The van der Waals surface area contributed by atoms with Gasteiger partial charge in [-0.1, -0.05) is 18.3 Å². The summed E-state index contributed by atoms with van der Waals surface area (Å²) in [5.74, 6) is 0. The summed E-state index contributed by atoms with van der Waals surface area (Å²) in [5, 5.41) is 7.59. The summed E-state index contributed by atoms with van der Waals surface area (Å²) in [7, 11) is 1.89. The number of thiocarbonyl (C=S) groups is 1. The molecule has 0 saturated carbocycles. The molecule has 0 radical (unpaired) electrons. The molecular weight excluding hydrogens is 312 g/mol. The van der Waals surface area contributed by atoms with Crippen molar-refractivity contribution in [3.05, 3.63) is 46.2 Å². The van der Waals surface area contributed by atoms with Crippen LogP contribution in [0.4, 0.5) is 5.69 Å². The number of halogens is 1. The number of hydrogen-bond acceptors (Lipinski definition) is 3. The van der Waals surface area contributed by atoms with Gasteiger partial charge in [-0.05, 0) is 34.1 Å². The van der Waals surface area contributed by atoms with Gasteiger partial charge in [0.15, 0.2) is 0 Å². The van der Waals surface area contributed by atoms with Crippen molar-refractivity contribution in [3.8, 4) is 0 Å². The van der Waals surface area contributed by atoms with Crippen LogP contribution in [0.2, 0.25) is 0 Å². The minimum Gasteiger partial charge on any atom is -0.389 e. The van der Waals surface area contributed by atoms with Gasteiger partial charge in [-0.3, -0.25) is 4.68 Å². The summed E-state index contributed by atoms with van der Waals surface area (Å²) >= 11 is 8.51. The number of anilines is 1. The van der Waals surface area contributed by atoms with E-state index in [4.69, 9.17) is 18.0 Å². The Morgan fingerprint density at radius 3 is 2.89 bits per heavy atom. The Hall–Kier alpha value is -1.40. The van der Waals surface area contributed by atoms with Gasteiger partial charge in [0.1, 0.15) is 4.99 Å². The maximum atomic E-state index is 5.73. The van der Waals surface area contributed by atoms with Crippen molar-refractivity contribution in [1.82, 2.24) is 9.78 Å². The molecule has 1 heterocycles. The number of aromatic nitrogens is 2. The Bertz CT molecular complexity index is 579. The van der Waals surface area contributed by atoms with Crippen molar-refractivity contribution in [2.24, 2.45) is 12.8 Å². The van der Waals surface area contributed by atoms with E-state index in [1.807, 2.05) is 37.5 Å². The molecule has 3 N–H and O–H groups in total. The van der Waals surface area contributed by atoms with E-state index in [0.29, 0.717) is 11.5 Å². The molecule has 0 spiro atoms. The fourth-order valence-electron chi connectivity index (χ4n) is 1.67. The van der Waals surface area contributed by atoms with Crippen LogP contribution in [0.1, 0.15) is 11.3 Å². The van der Waals surface area contributed by atoms with E-state index in [1.54, 1.807) is 4.68 Å². The molecule has 0 bridgehead atoms. The van der Waals surface area contributed by atoms with Crippen molar-refractivity contribution in [1.29, 1.82) is 0 Å². The molecule has 0 saturated heterocycles. The van der Waals surface area contributed by atoms with E-state index in [0.717, 1.165) is 21.4 Å². The summed E-state index contributed by atoms with van der Waals surface area (Å²) in [4.78, 5) is 0.367. The van der Waals surface area contributed by atoms with Crippen molar-refractivity contribution in [2.75, 3.05) is 5.32 Å². The molecule has 94 valence electrons. The second-order valence-electron chi connectivity index (χ2n) is 3.86. The van der Waals surface area contributed by atoms with Crippen LogP contribution >= 0.6 is 28.1 Å². The third kappa shape index (κ3) is 2.88. The molecule has 0 aliphatic rings. The predicted molar refractivity (Wildman–Crippen MR) is 80.6 cm³/mol. The van der Waals surface area contributed by atoms with Gasteiger partial charge in [-0.2, -0.15) is 5.10 Å². The third-order valence-corrected chi connectivity index (χ3v) is 3.35. The first-order valence-electron chi connectivity index (χ1n) is 5.38. The molecule has 2 aromatic rings. The zero-order valence-electron chi connectivity index (χ0n) is 9.85. The molecular formula is C12H13BrN4S. The number of rotatable bonds is 4. The second-order valence-corrected chi connectivity index (χ2v) is 5.16. The molecule has 0 fully saturated rings.